The number of hydrogen-bond donors (Lipinski definition) is 4. The molecule has 3 aromatic rings. The van der Waals surface area contributed by atoms with Crippen LogP contribution in [-0.4, -0.2) is 27.8 Å². The van der Waals surface area contributed by atoms with Gasteiger partial charge in [0.2, 0.25) is 5.91 Å². The number of carbonyl (C=O) groups is 1. The van der Waals surface area contributed by atoms with Gasteiger partial charge in [-0.3, -0.25) is 4.79 Å². The second kappa shape index (κ2) is 6.60. The van der Waals surface area contributed by atoms with E-state index in [0.29, 0.717) is 28.8 Å². The van der Waals surface area contributed by atoms with Gasteiger partial charge < -0.3 is 25.1 Å². The highest BCUT2D eigenvalue weighted by molar-refractivity contribution is 5.98. The van der Waals surface area contributed by atoms with Gasteiger partial charge in [-0.2, -0.15) is 0 Å². The van der Waals surface area contributed by atoms with Crippen molar-refractivity contribution in [2.24, 2.45) is 0 Å². The van der Waals surface area contributed by atoms with Crippen molar-refractivity contribution in [1.29, 1.82) is 0 Å². The Morgan fingerprint density at radius 1 is 1.08 bits per heavy atom. The first-order valence-electron chi connectivity index (χ1n) is 7.73. The number of phenols is 3. The van der Waals surface area contributed by atoms with Gasteiger partial charge in [-0.1, -0.05) is 6.07 Å². The third-order valence-corrected chi connectivity index (χ3v) is 3.72. The number of amides is 1. The van der Waals surface area contributed by atoms with Crippen molar-refractivity contribution in [1.82, 2.24) is 5.32 Å². The van der Waals surface area contributed by atoms with E-state index in [1.54, 1.807) is 24.3 Å². The van der Waals surface area contributed by atoms with Crippen LogP contribution in [-0.2, 0) is 4.79 Å². The van der Waals surface area contributed by atoms with Gasteiger partial charge in [-0.15, -0.1) is 0 Å². The molecule has 0 unspecified atom stereocenters. The molecule has 0 atom stereocenters. The van der Waals surface area contributed by atoms with E-state index < -0.39 is 0 Å². The third-order valence-electron chi connectivity index (χ3n) is 3.72. The number of benzene rings is 2. The highest BCUT2D eigenvalue weighted by atomic mass is 16.4. The molecule has 1 aromatic heterocycles. The second-order valence-electron chi connectivity index (χ2n) is 5.46. The zero-order valence-corrected chi connectivity index (χ0v) is 13.5. The van der Waals surface area contributed by atoms with Crippen LogP contribution in [0.15, 0.2) is 46.9 Å². The van der Waals surface area contributed by atoms with Gasteiger partial charge in [0.25, 0.3) is 0 Å². The molecule has 128 valence electrons. The molecule has 0 saturated carbocycles. The quantitative estimate of drug-likeness (QED) is 0.431. The summed E-state index contributed by atoms with van der Waals surface area (Å²) in [5.74, 6) is -0.318. The Kier molecular flexibility index (Phi) is 4.35. The van der Waals surface area contributed by atoms with E-state index >= 15 is 0 Å². The van der Waals surface area contributed by atoms with Crippen molar-refractivity contribution in [2.75, 3.05) is 6.54 Å². The Bertz CT molecular complexity index is 971. The van der Waals surface area contributed by atoms with E-state index in [1.165, 1.54) is 24.3 Å². The Morgan fingerprint density at radius 2 is 1.84 bits per heavy atom. The molecule has 1 heterocycles. The molecule has 1 amide bonds. The van der Waals surface area contributed by atoms with Crippen LogP contribution in [0.2, 0.25) is 0 Å². The molecule has 0 fully saturated rings. The summed E-state index contributed by atoms with van der Waals surface area (Å²) >= 11 is 0. The first kappa shape index (κ1) is 16.4. The van der Waals surface area contributed by atoms with Crippen LogP contribution in [0.4, 0.5) is 0 Å². The lowest BCUT2D eigenvalue weighted by atomic mass is 10.1. The second-order valence-corrected chi connectivity index (χ2v) is 5.46. The molecule has 0 saturated heterocycles. The molecule has 25 heavy (non-hydrogen) atoms. The lowest BCUT2D eigenvalue weighted by Gasteiger charge is -2.00. The van der Waals surface area contributed by atoms with Crippen molar-refractivity contribution in [3.8, 4) is 28.6 Å². The standard InChI is InChI=1S/C19H17NO5/c1-2-20-18(24)8-5-11-3-7-15(22)19-13(11)10-17(25-19)12-4-6-14(21)16(23)9-12/h3-10,21-23H,2H2,1H3,(H,20,24)/b8-5+. The number of furan rings is 1. The first-order valence-corrected chi connectivity index (χ1v) is 7.73. The van der Waals surface area contributed by atoms with Crippen molar-refractivity contribution < 1.29 is 24.5 Å². The molecule has 0 radical (unpaired) electrons. The zero-order valence-electron chi connectivity index (χ0n) is 13.5. The number of fused-ring (bicyclic) bond motifs is 1. The highest BCUT2D eigenvalue weighted by Gasteiger charge is 2.13. The fourth-order valence-corrected chi connectivity index (χ4v) is 2.49. The molecule has 0 bridgehead atoms. The number of nitrogens with one attached hydrogen (secondary N) is 1. The lowest BCUT2D eigenvalue weighted by Crippen LogP contribution is -2.19. The number of carbonyl (C=O) groups excluding carboxylic acids is 1. The van der Waals surface area contributed by atoms with Crippen LogP contribution in [0.25, 0.3) is 28.4 Å². The van der Waals surface area contributed by atoms with Gasteiger partial charge in [0.05, 0.1) is 0 Å². The average Bonchev–Trinajstić information content (AvgIpc) is 3.03. The zero-order chi connectivity index (χ0) is 18.0. The molecule has 6 heteroatoms. The van der Waals surface area contributed by atoms with Crippen LogP contribution in [0.5, 0.6) is 17.2 Å². The van der Waals surface area contributed by atoms with Gasteiger partial charge in [0.1, 0.15) is 5.76 Å². The van der Waals surface area contributed by atoms with Gasteiger partial charge in [-0.25, -0.2) is 0 Å². The van der Waals surface area contributed by atoms with Gasteiger partial charge in [0.15, 0.2) is 22.8 Å². The SMILES string of the molecule is CCNC(=O)/C=C/c1ccc(O)c2oc(-c3ccc(O)c(O)c3)cc12. The largest absolute Gasteiger partial charge is 0.504 e. The predicted octanol–water partition coefficient (Wildman–Crippen LogP) is 3.37. The van der Waals surface area contributed by atoms with Crippen molar-refractivity contribution in [3.63, 3.8) is 0 Å². The summed E-state index contributed by atoms with van der Waals surface area (Å²) in [4.78, 5) is 11.6. The minimum Gasteiger partial charge on any atom is -0.504 e. The maximum Gasteiger partial charge on any atom is 0.243 e. The normalized spacial score (nSPS) is 11.2. The van der Waals surface area contributed by atoms with Crippen molar-refractivity contribution in [2.45, 2.75) is 6.92 Å². The fraction of sp³-hybridized carbons (Fsp3) is 0.105. The average molecular weight is 339 g/mol. The van der Waals surface area contributed by atoms with Crippen LogP contribution in [0, 0.1) is 0 Å². The van der Waals surface area contributed by atoms with Crippen molar-refractivity contribution in [3.05, 3.63) is 48.0 Å². The molecular weight excluding hydrogens is 322 g/mol. The Hall–Kier alpha value is -3.41. The molecular formula is C19H17NO5. The molecule has 4 N–H and O–H groups in total. The minimum atomic E-state index is -0.265. The van der Waals surface area contributed by atoms with Crippen LogP contribution in [0.3, 0.4) is 0 Å². The number of likely N-dealkylation sites (N-methyl/N-ethyl adjacent to an activating group) is 1. The first-order chi connectivity index (χ1) is 12.0. The van der Waals surface area contributed by atoms with E-state index in [9.17, 15) is 20.1 Å². The van der Waals surface area contributed by atoms with Crippen LogP contribution < -0.4 is 5.32 Å². The van der Waals surface area contributed by atoms with Gasteiger partial charge in [0, 0.05) is 23.6 Å². The maximum absolute atomic E-state index is 11.6. The Labute approximate surface area is 143 Å². The summed E-state index contributed by atoms with van der Waals surface area (Å²) in [6, 6.07) is 9.19. The van der Waals surface area contributed by atoms with E-state index in [2.05, 4.69) is 5.32 Å². The van der Waals surface area contributed by atoms with Crippen LogP contribution in [0.1, 0.15) is 12.5 Å². The van der Waals surface area contributed by atoms with Gasteiger partial charge >= 0.3 is 0 Å². The molecule has 6 nitrogen and oxygen atoms in total. The van der Waals surface area contributed by atoms with E-state index in [1.807, 2.05) is 6.92 Å². The van der Waals surface area contributed by atoms with Crippen molar-refractivity contribution >= 4 is 23.0 Å². The summed E-state index contributed by atoms with van der Waals surface area (Å²) in [6.07, 6.45) is 3.05. The molecule has 0 spiro atoms. The molecule has 0 aliphatic heterocycles. The van der Waals surface area contributed by atoms with E-state index in [-0.39, 0.29) is 28.7 Å². The topological polar surface area (TPSA) is 103 Å². The number of hydrogen-bond acceptors (Lipinski definition) is 5. The Balaban J connectivity index is 2.06. The monoisotopic (exact) mass is 339 g/mol. The fourth-order valence-electron chi connectivity index (χ4n) is 2.49. The molecule has 0 aliphatic carbocycles. The predicted molar refractivity (Wildman–Crippen MR) is 94.4 cm³/mol. The number of aromatic hydroxyl groups is 3. The maximum atomic E-state index is 11.6. The summed E-state index contributed by atoms with van der Waals surface area (Å²) in [5.41, 5.74) is 1.53. The summed E-state index contributed by atoms with van der Waals surface area (Å²) in [7, 11) is 0. The summed E-state index contributed by atoms with van der Waals surface area (Å²) in [5, 5.41) is 32.4. The molecule has 2 aromatic carbocycles. The minimum absolute atomic E-state index is 0.0283. The summed E-state index contributed by atoms with van der Waals surface area (Å²) < 4.78 is 5.70. The Morgan fingerprint density at radius 3 is 2.56 bits per heavy atom. The lowest BCUT2D eigenvalue weighted by molar-refractivity contribution is -0.116. The van der Waals surface area contributed by atoms with E-state index in [4.69, 9.17) is 4.42 Å². The number of rotatable bonds is 4. The third kappa shape index (κ3) is 3.28. The van der Waals surface area contributed by atoms with Gasteiger partial charge in [-0.05, 0) is 48.9 Å². The van der Waals surface area contributed by atoms with Crippen LogP contribution >= 0.6 is 0 Å². The molecule has 0 aliphatic rings. The van der Waals surface area contributed by atoms with E-state index in [0.717, 1.165) is 0 Å². The highest BCUT2D eigenvalue weighted by Crippen LogP contribution is 2.37. The molecule has 3 rings (SSSR count). The smallest absolute Gasteiger partial charge is 0.243 e. The summed E-state index contributed by atoms with van der Waals surface area (Å²) in [6.45, 7) is 2.37. The number of phenolic OH excluding ortho intramolecular Hbond substituents is 3.